The van der Waals surface area contributed by atoms with E-state index in [1.54, 1.807) is 0 Å². The summed E-state index contributed by atoms with van der Waals surface area (Å²) in [5, 5.41) is 0.737. The highest BCUT2D eigenvalue weighted by Crippen LogP contribution is 2.38. The van der Waals surface area contributed by atoms with E-state index < -0.39 is 0 Å². The molecule has 0 amide bonds. The molecule has 1 heterocycles. The van der Waals surface area contributed by atoms with Crippen LogP contribution in [-0.2, 0) is 0 Å². The number of anilines is 2. The molecule has 0 aliphatic carbocycles. The second kappa shape index (κ2) is 4.84. The van der Waals surface area contributed by atoms with Crippen LogP contribution in [0.25, 0.3) is 0 Å². The smallest absolute Gasteiger partial charge is 0.0792 e. The van der Waals surface area contributed by atoms with Gasteiger partial charge in [0.2, 0.25) is 0 Å². The fourth-order valence-corrected chi connectivity index (χ4v) is 3.26. The Kier molecular flexibility index (Phi) is 3.65. The number of hydrogen-bond donors (Lipinski definition) is 1. The minimum Gasteiger partial charge on any atom is -0.397 e. The summed E-state index contributed by atoms with van der Waals surface area (Å²) in [5.74, 6) is 0. The highest BCUT2D eigenvalue weighted by Gasteiger charge is 2.22. The quantitative estimate of drug-likeness (QED) is 0.793. The van der Waals surface area contributed by atoms with Crippen molar-refractivity contribution < 1.29 is 0 Å². The molecule has 1 saturated heterocycles. The zero-order valence-corrected chi connectivity index (χ0v) is 11.7. The van der Waals surface area contributed by atoms with Crippen LogP contribution in [0.1, 0.15) is 26.2 Å². The minimum atomic E-state index is 0.523. The van der Waals surface area contributed by atoms with Gasteiger partial charge >= 0.3 is 0 Å². The van der Waals surface area contributed by atoms with Crippen LogP contribution in [0.3, 0.4) is 0 Å². The molecule has 4 heteroatoms. The number of halogens is 2. The first-order chi connectivity index (χ1) is 7.59. The van der Waals surface area contributed by atoms with Crippen molar-refractivity contribution in [2.45, 2.75) is 32.2 Å². The minimum absolute atomic E-state index is 0.523. The molecular weight excluding hydrogens is 288 g/mol. The fraction of sp³-hybridized carbons (Fsp3) is 0.500. The van der Waals surface area contributed by atoms with Crippen molar-refractivity contribution in [1.29, 1.82) is 0 Å². The van der Waals surface area contributed by atoms with Crippen LogP contribution in [0, 0.1) is 0 Å². The SMILES string of the molecule is CC1CCCCN1c1c(N)cc(Br)cc1Cl. The molecule has 2 rings (SSSR count). The van der Waals surface area contributed by atoms with Crippen molar-refractivity contribution in [2.75, 3.05) is 17.2 Å². The molecule has 88 valence electrons. The zero-order chi connectivity index (χ0) is 11.7. The Hall–Kier alpha value is -0.410. The van der Waals surface area contributed by atoms with E-state index >= 15 is 0 Å². The highest BCUT2D eigenvalue weighted by molar-refractivity contribution is 9.10. The molecule has 1 aromatic rings. The predicted molar refractivity (Wildman–Crippen MR) is 74.2 cm³/mol. The lowest BCUT2D eigenvalue weighted by molar-refractivity contribution is 0.485. The van der Waals surface area contributed by atoms with Gasteiger partial charge in [-0.2, -0.15) is 0 Å². The van der Waals surface area contributed by atoms with Crippen molar-refractivity contribution in [3.63, 3.8) is 0 Å². The van der Waals surface area contributed by atoms with Gasteiger partial charge in [-0.1, -0.05) is 27.5 Å². The lowest BCUT2D eigenvalue weighted by atomic mass is 10.0. The van der Waals surface area contributed by atoms with Crippen LogP contribution in [0.4, 0.5) is 11.4 Å². The lowest BCUT2D eigenvalue weighted by Gasteiger charge is -2.36. The van der Waals surface area contributed by atoms with Crippen molar-refractivity contribution in [3.05, 3.63) is 21.6 Å². The third-order valence-corrected chi connectivity index (χ3v) is 3.89. The summed E-state index contributed by atoms with van der Waals surface area (Å²) in [4.78, 5) is 2.33. The maximum Gasteiger partial charge on any atom is 0.0792 e. The van der Waals surface area contributed by atoms with Gasteiger partial charge in [0.05, 0.1) is 16.4 Å². The van der Waals surface area contributed by atoms with Crippen LogP contribution in [0.15, 0.2) is 16.6 Å². The summed E-state index contributed by atoms with van der Waals surface area (Å²) >= 11 is 9.69. The van der Waals surface area contributed by atoms with Gasteiger partial charge in [-0.25, -0.2) is 0 Å². The van der Waals surface area contributed by atoms with Gasteiger partial charge in [-0.15, -0.1) is 0 Å². The van der Waals surface area contributed by atoms with Crippen LogP contribution in [0.5, 0.6) is 0 Å². The Labute approximate surface area is 110 Å². The number of hydrogen-bond acceptors (Lipinski definition) is 2. The first kappa shape index (κ1) is 12.1. The topological polar surface area (TPSA) is 29.3 Å². The van der Waals surface area contributed by atoms with E-state index in [2.05, 4.69) is 27.8 Å². The number of nitrogens with zero attached hydrogens (tertiary/aromatic N) is 1. The largest absolute Gasteiger partial charge is 0.397 e. The first-order valence-electron chi connectivity index (χ1n) is 5.60. The Balaban J connectivity index is 2.38. The molecule has 0 spiro atoms. The molecule has 1 aromatic carbocycles. The van der Waals surface area contributed by atoms with Gasteiger partial charge in [0, 0.05) is 17.1 Å². The van der Waals surface area contributed by atoms with Crippen LogP contribution in [0.2, 0.25) is 5.02 Å². The molecule has 0 radical (unpaired) electrons. The second-order valence-corrected chi connectivity index (χ2v) is 5.69. The van der Waals surface area contributed by atoms with Crippen LogP contribution in [-0.4, -0.2) is 12.6 Å². The number of piperidine rings is 1. The van der Waals surface area contributed by atoms with Crippen LogP contribution < -0.4 is 10.6 Å². The Morgan fingerprint density at radius 1 is 1.44 bits per heavy atom. The van der Waals surface area contributed by atoms with Gasteiger partial charge in [-0.3, -0.25) is 0 Å². The average molecular weight is 304 g/mol. The zero-order valence-electron chi connectivity index (χ0n) is 9.34. The number of nitrogens with two attached hydrogens (primary N) is 1. The third kappa shape index (κ3) is 2.30. The fourth-order valence-electron chi connectivity index (χ4n) is 2.32. The van der Waals surface area contributed by atoms with Gasteiger partial charge in [0.15, 0.2) is 0 Å². The molecular formula is C12H16BrClN2. The van der Waals surface area contributed by atoms with Gasteiger partial charge in [0.1, 0.15) is 0 Å². The summed E-state index contributed by atoms with van der Waals surface area (Å²) in [5.41, 5.74) is 7.81. The molecule has 0 saturated carbocycles. The molecule has 1 unspecified atom stereocenters. The van der Waals surface area contributed by atoms with Gasteiger partial charge in [-0.05, 0) is 38.3 Å². The molecule has 0 aromatic heterocycles. The molecule has 1 atom stereocenters. The summed E-state index contributed by atoms with van der Waals surface area (Å²) < 4.78 is 0.934. The Morgan fingerprint density at radius 3 is 2.81 bits per heavy atom. The maximum atomic E-state index is 6.28. The number of nitrogen functional groups attached to an aromatic ring is 1. The highest BCUT2D eigenvalue weighted by atomic mass is 79.9. The summed E-state index contributed by atoms with van der Waals surface area (Å²) in [6, 6.07) is 4.35. The first-order valence-corrected chi connectivity index (χ1v) is 6.78. The Morgan fingerprint density at radius 2 is 2.19 bits per heavy atom. The summed E-state index contributed by atoms with van der Waals surface area (Å²) in [6.45, 7) is 3.28. The maximum absolute atomic E-state index is 6.28. The molecule has 1 aliphatic rings. The van der Waals surface area contributed by atoms with E-state index in [0.29, 0.717) is 6.04 Å². The molecule has 2 nitrogen and oxygen atoms in total. The Bertz CT molecular complexity index is 372. The van der Waals surface area contributed by atoms with Crippen LogP contribution >= 0.6 is 27.5 Å². The van der Waals surface area contributed by atoms with E-state index in [1.807, 2.05) is 12.1 Å². The van der Waals surface area contributed by atoms with E-state index in [4.69, 9.17) is 17.3 Å². The average Bonchev–Trinajstić information content (AvgIpc) is 2.19. The number of benzene rings is 1. The molecule has 2 N–H and O–H groups in total. The van der Waals surface area contributed by atoms with E-state index in [-0.39, 0.29) is 0 Å². The monoisotopic (exact) mass is 302 g/mol. The van der Waals surface area contributed by atoms with E-state index in [0.717, 1.165) is 27.4 Å². The van der Waals surface area contributed by atoms with Crippen molar-refractivity contribution in [1.82, 2.24) is 0 Å². The molecule has 0 bridgehead atoms. The number of rotatable bonds is 1. The standard InChI is InChI=1S/C12H16BrClN2/c1-8-4-2-3-5-16(8)12-10(14)6-9(13)7-11(12)15/h6-8H,2-5,15H2,1H3. The van der Waals surface area contributed by atoms with E-state index in [1.165, 1.54) is 19.3 Å². The van der Waals surface area contributed by atoms with Crippen molar-refractivity contribution >= 4 is 38.9 Å². The second-order valence-electron chi connectivity index (χ2n) is 4.36. The van der Waals surface area contributed by atoms with Gasteiger partial charge in [0.25, 0.3) is 0 Å². The summed E-state index contributed by atoms with van der Waals surface area (Å²) in [6.07, 6.45) is 3.73. The van der Waals surface area contributed by atoms with Crippen molar-refractivity contribution in [2.24, 2.45) is 0 Å². The summed E-state index contributed by atoms with van der Waals surface area (Å²) in [7, 11) is 0. The lowest BCUT2D eigenvalue weighted by Crippen LogP contribution is -2.38. The van der Waals surface area contributed by atoms with E-state index in [9.17, 15) is 0 Å². The normalized spacial score (nSPS) is 21.2. The predicted octanol–water partition coefficient (Wildman–Crippen LogP) is 4.06. The third-order valence-electron chi connectivity index (χ3n) is 3.15. The molecule has 1 aliphatic heterocycles. The van der Waals surface area contributed by atoms with Gasteiger partial charge < -0.3 is 10.6 Å². The van der Waals surface area contributed by atoms with Crippen molar-refractivity contribution in [3.8, 4) is 0 Å². The molecule has 16 heavy (non-hydrogen) atoms. The molecule has 1 fully saturated rings.